The van der Waals surface area contributed by atoms with E-state index >= 15 is 0 Å². The quantitative estimate of drug-likeness (QED) is 0.704. The van der Waals surface area contributed by atoms with Crippen LogP contribution in [0.25, 0.3) is 10.9 Å². The van der Waals surface area contributed by atoms with Crippen LogP contribution in [-0.4, -0.2) is 28.7 Å². The lowest BCUT2D eigenvalue weighted by Gasteiger charge is -2.46. The summed E-state index contributed by atoms with van der Waals surface area (Å²) in [5.41, 5.74) is 2.02. The molecule has 0 saturated heterocycles. The number of aromatic nitrogens is 1. The Morgan fingerprint density at radius 1 is 1.32 bits per heavy atom. The van der Waals surface area contributed by atoms with Crippen molar-refractivity contribution in [3.8, 4) is 0 Å². The van der Waals surface area contributed by atoms with Crippen molar-refractivity contribution in [2.45, 2.75) is 70.9 Å². The number of fused-ring (bicyclic) bond motifs is 4. The van der Waals surface area contributed by atoms with Crippen LogP contribution in [0, 0.1) is 11.3 Å². The van der Waals surface area contributed by atoms with Crippen molar-refractivity contribution in [3.05, 3.63) is 29.4 Å². The number of hydrogen-bond acceptors (Lipinski definition) is 2. The second-order valence-electron chi connectivity index (χ2n) is 8.97. The van der Waals surface area contributed by atoms with Crippen molar-refractivity contribution in [3.63, 3.8) is 0 Å². The number of halogens is 1. The molecule has 2 aromatic rings. The summed E-state index contributed by atoms with van der Waals surface area (Å²) in [6.07, 6.45) is 10.3. The van der Waals surface area contributed by atoms with E-state index in [1.54, 1.807) is 4.90 Å². The molecule has 152 valence electrons. The number of anilines is 1. The van der Waals surface area contributed by atoms with Gasteiger partial charge in [-0.1, -0.05) is 24.6 Å². The molecule has 1 atom stereocenters. The molecular weight excluding hydrogens is 372 g/mol. The number of benzene rings is 1. The molecule has 0 spiro atoms. The van der Waals surface area contributed by atoms with Gasteiger partial charge < -0.3 is 14.6 Å². The SMILES string of the molecule is CCC(O)Cn1cc(N(C)C(=O)CC23CCC(CC2)CC3)c2c(Cl)cccc21. The third-order valence-corrected chi connectivity index (χ3v) is 7.54. The molecule has 1 aromatic heterocycles. The first-order valence-corrected chi connectivity index (χ1v) is 11.0. The highest BCUT2D eigenvalue weighted by molar-refractivity contribution is 6.36. The van der Waals surface area contributed by atoms with E-state index in [-0.39, 0.29) is 11.3 Å². The molecule has 5 rings (SSSR count). The molecule has 0 aliphatic heterocycles. The normalized spacial score (nSPS) is 25.2. The Bertz CT molecular complexity index is 853. The van der Waals surface area contributed by atoms with Gasteiger partial charge >= 0.3 is 0 Å². The molecule has 0 radical (unpaired) electrons. The summed E-state index contributed by atoms with van der Waals surface area (Å²) in [6.45, 7) is 2.47. The first-order chi connectivity index (χ1) is 13.4. The minimum atomic E-state index is -0.417. The Hall–Kier alpha value is -1.52. The second-order valence-corrected chi connectivity index (χ2v) is 9.38. The maximum atomic E-state index is 13.3. The number of rotatable bonds is 6. The molecular formula is C23H31ClN2O2. The fraction of sp³-hybridized carbons (Fsp3) is 0.609. The van der Waals surface area contributed by atoms with E-state index < -0.39 is 6.10 Å². The van der Waals surface area contributed by atoms with Crippen LogP contribution in [0.2, 0.25) is 5.02 Å². The van der Waals surface area contributed by atoms with Gasteiger partial charge in [-0.15, -0.1) is 0 Å². The molecule has 1 amide bonds. The van der Waals surface area contributed by atoms with Crippen molar-refractivity contribution in [1.29, 1.82) is 0 Å². The van der Waals surface area contributed by atoms with E-state index in [0.29, 0.717) is 24.4 Å². The predicted molar refractivity (Wildman–Crippen MR) is 115 cm³/mol. The molecule has 3 saturated carbocycles. The molecule has 3 fully saturated rings. The highest BCUT2D eigenvalue weighted by Gasteiger charge is 2.42. The van der Waals surface area contributed by atoms with Crippen molar-refractivity contribution < 1.29 is 9.90 Å². The van der Waals surface area contributed by atoms with Crippen LogP contribution in [-0.2, 0) is 11.3 Å². The fourth-order valence-electron chi connectivity index (χ4n) is 5.23. The van der Waals surface area contributed by atoms with Gasteiger partial charge in [0.15, 0.2) is 0 Å². The number of hydrogen-bond donors (Lipinski definition) is 1. The highest BCUT2D eigenvalue weighted by Crippen LogP contribution is 2.52. The fourth-order valence-corrected chi connectivity index (χ4v) is 5.49. The number of aliphatic hydroxyl groups excluding tert-OH is 1. The van der Waals surface area contributed by atoms with Crippen LogP contribution in [0.15, 0.2) is 24.4 Å². The average molecular weight is 403 g/mol. The molecule has 3 aliphatic rings. The first kappa shape index (κ1) is 19.8. The van der Waals surface area contributed by atoms with Crippen molar-refractivity contribution in [2.24, 2.45) is 11.3 Å². The highest BCUT2D eigenvalue weighted by atomic mass is 35.5. The standard InChI is InChI=1S/C23H31ClN2O2/c1-3-17(27)14-26-15-20(22-18(24)5-4-6-19(22)26)25(2)21(28)13-23-10-7-16(8-11-23)9-12-23/h4-6,15-17,27H,3,7-14H2,1-2H3. The number of aliphatic hydroxyl groups is 1. The minimum absolute atomic E-state index is 0.176. The molecule has 1 aromatic carbocycles. The van der Waals surface area contributed by atoms with Gasteiger partial charge in [-0.25, -0.2) is 0 Å². The maximum Gasteiger partial charge on any atom is 0.227 e. The van der Waals surface area contributed by atoms with Gasteiger partial charge in [-0.05, 0) is 68.4 Å². The van der Waals surface area contributed by atoms with Crippen molar-refractivity contribution >= 4 is 34.1 Å². The summed E-state index contributed by atoms with van der Waals surface area (Å²) in [5, 5.41) is 11.7. The largest absolute Gasteiger partial charge is 0.391 e. The van der Waals surface area contributed by atoms with Gasteiger partial charge in [-0.2, -0.15) is 0 Å². The van der Waals surface area contributed by atoms with Crippen molar-refractivity contribution in [1.82, 2.24) is 4.57 Å². The molecule has 5 heteroatoms. The van der Waals surface area contributed by atoms with E-state index in [0.717, 1.165) is 22.5 Å². The molecule has 2 bridgehead atoms. The van der Waals surface area contributed by atoms with Crippen LogP contribution >= 0.6 is 11.6 Å². The first-order valence-electron chi connectivity index (χ1n) is 10.6. The summed E-state index contributed by atoms with van der Waals surface area (Å²) in [6, 6.07) is 5.80. The van der Waals surface area contributed by atoms with E-state index in [2.05, 4.69) is 0 Å². The third-order valence-electron chi connectivity index (χ3n) is 7.22. The second kappa shape index (κ2) is 7.72. The van der Waals surface area contributed by atoms with E-state index in [1.165, 1.54) is 38.5 Å². The summed E-state index contributed by atoms with van der Waals surface area (Å²) in [7, 11) is 1.87. The number of amides is 1. The number of carbonyl (C=O) groups excluding carboxylic acids is 1. The monoisotopic (exact) mass is 402 g/mol. The van der Waals surface area contributed by atoms with Crippen LogP contribution in [0.4, 0.5) is 5.69 Å². The molecule has 1 N–H and O–H groups in total. The average Bonchev–Trinajstić information content (AvgIpc) is 3.08. The zero-order valence-corrected chi connectivity index (χ0v) is 17.7. The summed E-state index contributed by atoms with van der Waals surface area (Å²) < 4.78 is 2.03. The molecule has 3 aliphatic carbocycles. The zero-order valence-electron chi connectivity index (χ0n) is 17.0. The van der Waals surface area contributed by atoms with E-state index in [4.69, 9.17) is 11.6 Å². The smallest absolute Gasteiger partial charge is 0.227 e. The Labute approximate surface area is 172 Å². The Kier molecular flexibility index (Phi) is 5.45. The lowest BCUT2D eigenvalue weighted by atomic mass is 9.59. The Morgan fingerprint density at radius 3 is 2.64 bits per heavy atom. The summed E-state index contributed by atoms with van der Waals surface area (Å²) >= 11 is 6.53. The molecule has 28 heavy (non-hydrogen) atoms. The third kappa shape index (κ3) is 3.57. The number of nitrogens with zero attached hydrogens (tertiary/aromatic N) is 2. The molecule has 4 nitrogen and oxygen atoms in total. The summed E-state index contributed by atoms with van der Waals surface area (Å²) in [5.74, 6) is 1.08. The van der Waals surface area contributed by atoms with Gasteiger partial charge in [0.1, 0.15) is 0 Å². The molecule has 1 unspecified atom stereocenters. The lowest BCUT2D eigenvalue weighted by molar-refractivity contribution is -0.122. The molecule has 1 heterocycles. The number of carbonyl (C=O) groups is 1. The van der Waals surface area contributed by atoms with Crippen LogP contribution < -0.4 is 4.90 Å². The van der Waals surface area contributed by atoms with Crippen molar-refractivity contribution in [2.75, 3.05) is 11.9 Å². The van der Waals surface area contributed by atoms with E-state index in [1.807, 2.05) is 42.9 Å². The zero-order chi connectivity index (χ0) is 19.9. The van der Waals surface area contributed by atoms with Crippen LogP contribution in [0.5, 0.6) is 0 Å². The van der Waals surface area contributed by atoms with Crippen LogP contribution in [0.1, 0.15) is 58.3 Å². The lowest BCUT2D eigenvalue weighted by Crippen LogP contribution is -2.39. The van der Waals surface area contributed by atoms with Gasteiger partial charge in [0, 0.05) is 31.6 Å². The summed E-state index contributed by atoms with van der Waals surface area (Å²) in [4.78, 5) is 15.1. The van der Waals surface area contributed by atoms with Gasteiger partial charge in [0.2, 0.25) is 5.91 Å². The van der Waals surface area contributed by atoms with Gasteiger partial charge in [0.25, 0.3) is 0 Å². The Balaban J connectivity index is 1.63. The van der Waals surface area contributed by atoms with Gasteiger partial charge in [0.05, 0.1) is 22.3 Å². The Morgan fingerprint density at radius 2 is 2.00 bits per heavy atom. The van der Waals surface area contributed by atoms with Crippen LogP contribution in [0.3, 0.4) is 0 Å². The van der Waals surface area contributed by atoms with Gasteiger partial charge in [-0.3, -0.25) is 4.79 Å². The van der Waals surface area contributed by atoms with E-state index in [9.17, 15) is 9.90 Å². The predicted octanol–water partition coefficient (Wildman–Crippen LogP) is 5.39. The minimum Gasteiger partial charge on any atom is -0.391 e. The maximum absolute atomic E-state index is 13.3. The topological polar surface area (TPSA) is 45.5 Å².